The molecule has 19 heavy (non-hydrogen) atoms. The summed E-state index contributed by atoms with van der Waals surface area (Å²) in [4.78, 5) is 16.4. The van der Waals surface area contributed by atoms with E-state index in [4.69, 9.17) is 4.74 Å². The number of aryl methyl sites for hydroxylation is 1. The zero-order valence-electron chi connectivity index (χ0n) is 10.8. The van der Waals surface area contributed by atoms with Gasteiger partial charge in [-0.15, -0.1) is 11.3 Å². The molecule has 98 valence electrons. The lowest BCUT2D eigenvalue weighted by Gasteiger charge is -2.22. The Morgan fingerprint density at radius 1 is 1.37 bits per heavy atom. The van der Waals surface area contributed by atoms with Gasteiger partial charge >= 0.3 is 5.97 Å². The number of hydrogen-bond donors (Lipinski definition) is 0. The molecule has 0 spiro atoms. The second kappa shape index (κ2) is 5.13. The fraction of sp³-hybridized carbons (Fsp3) is 0.333. The summed E-state index contributed by atoms with van der Waals surface area (Å²) >= 11 is 1.46. The number of aromatic nitrogens is 1. The van der Waals surface area contributed by atoms with Gasteiger partial charge in [0.15, 0.2) is 0 Å². The van der Waals surface area contributed by atoms with E-state index in [0.29, 0.717) is 10.8 Å². The number of hydrogen-bond acceptors (Lipinski definition) is 4. The van der Waals surface area contributed by atoms with E-state index in [1.165, 1.54) is 29.6 Å². The van der Waals surface area contributed by atoms with Crippen LogP contribution >= 0.6 is 11.3 Å². The molecule has 3 rings (SSSR count). The van der Waals surface area contributed by atoms with Crippen molar-refractivity contribution in [1.29, 1.82) is 0 Å². The molecular formula is C15H15NO2S. The van der Waals surface area contributed by atoms with Gasteiger partial charge in [-0.1, -0.05) is 24.3 Å². The normalized spacial score (nSPS) is 17.8. The molecule has 1 aliphatic carbocycles. The fourth-order valence-electron chi connectivity index (χ4n) is 2.58. The molecule has 1 aromatic carbocycles. The van der Waals surface area contributed by atoms with Crippen LogP contribution < -0.4 is 0 Å². The van der Waals surface area contributed by atoms with E-state index in [2.05, 4.69) is 29.2 Å². The first-order valence-corrected chi connectivity index (χ1v) is 7.20. The van der Waals surface area contributed by atoms with Crippen LogP contribution in [-0.4, -0.2) is 18.1 Å². The molecule has 0 saturated heterocycles. The van der Waals surface area contributed by atoms with E-state index in [-0.39, 0.29) is 5.97 Å². The maximum Gasteiger partial charge on any atom is 0.349 e. The summed E-state index contributed by atoms with van der Waals surface area (Å²) in [6.07, 6.45) is 4.84. The lowest BCUT2D eigenvalue weighted by atomic mass is 9.84. The summed E-state index contributed by atoms with van der Waals surface area (Å²) < 4.78 is 4.72. The third-order valence-electron chi connectivity index (χ3n) is 3.61. The second-order valence-electron chi connectivity index (χ2n) is 4.76. The molecule has 0 N–H and O–H groups in total. The van der Waals surface area contributed by atoms with E-state index < -0.39 is 0 Å². The first kappa shape index (κ1) is 12.4. The van der Waals surface area contributed by atoms with Crippen molar-refractivity contribution >= 4 is 17.3 Å². The number of esters is 1. The van der Waals surface area contributed by atoms with Crippen molar-refractivity contribution in [1.82, 2.24) is 4.98 Å². The average molecular weight is 273 g/mol. The summed E-state index contributed by atoms with van der Waals surface area (Å²) in [5.41, 5.74) is 2.86. The zero-order chi connectivity index (χ0) is 13.2. The average Bonchev–Trinajstić information content (AvgIpc) is 2.95. The van der Waals surface area contributed by atoms with Crippen molar-refractivity contribution in [2.45, 2.75) is 25.2 Å². The molecule has 0 radical (unpaired) electrons. The van der Waals surface area contributed by atoms with Crippen molar-refractivity contribution in [3.63, 3.8) is 0 Å². The third-order valence-corrected chi connectivity index (χ3v) is 4.75. The minimum Gasteiger partial charge on any atom is -0.465 e. The number of fused-ring (bicyclic) bond motifs is 1. The van der Waals surface area contributed by atoms with Crippen LogP contribution in [0.3, 0.4) is 0 Å². The molecule has 4 heteroatoms. The predicted molar refractivity (Wildman–Crippen MR) is 74.7 cm³/mol. The lowest BCUT2D eigenvalue weighted by molar-refractivity contribution is 0.0606. The highest BCUT2D eigenvalue weighted by molar-refractivity contribution is 7.13. The molecule has 3 nitrogen and oxygen atoms in total. The number of carbonyl (C=O) groups is 1. The van der Waals surface area contributed by atoms with Crippen molar-refractivity contribution in [3.05, 3.63) is 51.5 Å². The van der Waals surface area contributed by atoms with Crippen LogP contribution in [0.1, 0.15) is 38.1 Å². The third kappa shape index (κ3) is 2.40. The van der Waals surface area contributed by atoms with Crippen molar-refractivity contribution < 1.29 is 9.53 Å². The van der Waals surface area contributed by atoms with Crippen LogP contribution in [0.15, 0.2) is 30.5 Å². The molecule has 1 unspecified atom stereocenters. The Bertz CT molecular complexity index is 606. The summed E-state index contributed by atoms with van der Waals surface area (Å²) in [5, 5.41) is 1.05. The van der Waals surface area contributed by atoms with Gasteiger partial charge in [0.25, 0.3) is 0 Å². The molecule has 1 atom stereocenters. The Balaban J connectivity index is 1.81. The van der Waals surface area contributed by atoms with E-state index in [0.717, 1.165) is 24.3 Å². The predicted octanol–water partition coefficient (Wildman–Crippen LogP) is 3.20. The maximum absolute atomic E-state index is 11.5. The summed E-state index contributed by atoms with van der Waals surface area (Å²) in [7, 11) is 1.40. The standard InChI is InChI=1S/C15H15NO2S/c1-18-15(17)13-9-16-14(19-13)12-7-6-10-4-2-3-5-11(10)8-12/h2-5,9,12H,6-8H2,1H3. The van der Waals surface area contributed by atoms with Gasteiger partial charge in [0.05, 0.1) is 18.3 Å². The van der Waals surface area contributed by atoms with Gasteiger partial charge < -0.3 is 4.74 Å². The maximum atomic E-state index is 11.5. The summed E-state index contributed by atoms with van der Waals surface area (Å²) in [6.45, 7) is 0. The van der Waals surface area contributed by atoms with Crippen molar-refractivity contribution in [2.75, 3.05) is 7.11 Å². The SMILES string of the molecule is COC(=O)c1cnc(C2CCc3ccccc3C2)s1. The molecule has 1 heterocycles. The lowest BCUT2D eigenvalue weighted by Crippen LogP contribution is -2.12. The Labute approximate surface area is 116 Å². The molecule has 0 saturated carbocycles. The topological polar surface area (TPSA) is 39.2 Å². The highest BCUT2D eigenvalue weighted by Crippen LogP contribution is 2.34. The van der Waals surface area contributed by atoms with Crippen LogP contribution in [0.2, 0.25) is 0 Å². The van der Waals surface area contributed by atoms with Gasteiger partial charge in [0.2, 0.25) is 0 Å². The Hall–Kier alpha value is -1.68. The Morgan fingerprint density at radius 3 is 2.95 bits per heavy atom. The minimum atomic E-state index is -0.292. The molecule has 2 aromatic rings. The largest absolute Gasteiger partial charge is 0.465 e. The van der Waals surface area contributed by atoms with E-state index >= 15 is 0 Å². The van der Waals surface area contributed by atoms with Gasteiger partial charge in [-0.25, -0.2) is 9.78 Å². The van der Waals surface area contributed by atoms with Crippen LogP contribution in [-0.2, 0) is 17.6 Å². The van der Waals surface area contributed by atoms with E-state index in [9.17, 15) is 4.79 Å². The van der Waals surface area contributed by atoms with Gasteiger partial charge in [-0.3, -0.25) is 0 Å². The van der Waals surface area contributed by atoms with Gasteiger partial charge in [0, 0.05) is 5.92 Å². The second-order valence-corrected chi connectivity index (χ2v) is 5.82. The van der Waals surface area contributed by atoms with Crippen LogP contribution in [0.25, 0.3) is 0 Å². The first-order chi connectivity index (χ1) is 9.28. The Kier molecular flexibility index (Phi) is 3.34. The minimum absolute atomic E-state index is 0.292. The summed E-state index contributed by atoms with van der Waals surface area (Å²) in [5.74, 6) is 0.137. The van der Waals surface area contributed by atoms with Gasteiger partial charge in [-0.05, 0) is 30.4 Å². The van der Waals surface area contributed by atoms with E-state index in [1.807, 2.05) is 0 Å². The van der Waals surface area contributed by atoms with E-state index in [1.54, 1.807) is 6.20 Å². The fourth-order valence-corrected chi connectivity index (χ4v) is 3.55. The summed E-state index contributed by atoms with van der Waals surface area (Å²) in [6, 6.07) is 8.57. The Morgan fingerprint density at radius 2 is 2.16 bits per heavy atom. The number of nitrogens with zero attached hydrogens (tertiary/aromatic N) is 1. The molecule has 0 aliphatic heterocycles. The number of rotatable bonds is 2. The molecule has 0 amide bonds. The molecule has 0 bridgehead atoms. The van der Waals surface area contributed by atoms with Gasteiger partial charge in [0.1, 0.15) is 4.88 Å². The van der Waals surface area contributed by atoms with Crippen LogP contribution in [0, 0.1) is 0 Å². The number of carbonyl (C=O) groups excluding carboxylic acids is 1. The monoisotopic (exact) mass is 273 g/mol. The highest BCUT2D eigenvalue weighted by atomic mass is 32.1. The number of ether oxygens (including phenoxy) is 1. The van der Waals surface area contributed by atoms with Crippen molar-refractivity contribution in [2.24, 2.45) is 0 Å². The molecular weight excluding hydrogens is 258 g/mol. The van der Waals surface area contributed by atoms with Gasteiger partial charge in [-0.2, -0.15) is 0 Å². The zero-order valence-corrected chi connectivity index (χ0v) is 11.6. The number of benzene rings is 1. The quantitative estimate of drug-likeness (QED) is 0.789. The van der Waals surface area contributed by atoms with Crippen LogP contribution in [0.5, 0.6) is 0 Å². The molecule has 1 aliphatic rings. The van der Waals surface area contributed by atoms with Crippen LogP contribution in [0.4, 0.5) is 0 Å². The van der Waals surface area contributed by atoms with Crippen molar-refractivity contribution in [3.8, 4) is 0 Å². The smallest absolute Gasteiger partial charge is 0.349 e. The number of methoxy groups -OCH3 is 1. The number of thiazole rings is 1. The molecule has 1 aromatic heterocycles. The highest BCUT2D eigenvalue weighted by Gasteiger charge is 2.23. The first-order valence-electron chi connectivity index (χ1n) is 6.38. The molecule has 0 fully saturated rings.